The zero-order chi connectivity index (χ0) is 17.7. The van der Waals surface area contributed by atoms with Crippen molar-refractivity contribution in [1.29, 1.82) is 0 Å². The van der Waals surface area contributed by atoms with Gasteiger partial charge in [-0.2, -0.15) is 0 Å². The first-order chi connectivity index (χ1) is 11.3. The standard InChI is InChI=1S/C18H26N4O2/c1-12-13(2)21-16(22-17(12)23)14-6-7-15(19-10-14)20-11-18(3,4)8-9-24-5/h6-7,10H,8-9,11H2,1-5H3,(H,19,20)(H,21,22,23). The summed E-state index contributed by atoms with van der Waals surface area (Å²) in [7, 11) is 1.72. The molecule has 0 aliphatic carbocycles. The van der Waals surface area contributed by atoms with Crippen molar-refractivity contribution in [3.63, 3.8) is 0 Å². The maximum Gasteiger partial charge on any atom is 0.254 e. The molecule has 0 radical (unpaired) electrons. The van der Waals surface area contributed by atoms with Gasteiger partial charge in [0.15, 0.2) is 0 Å². The van der Waals surface area contributed by atoms with E-state index in [4.69, 9.17) is 4.74 Å². The van der Waals surface area contributed by atoms with Crippen molar-refractivity contribution in [2.24, 2.45) is 5.41 Å². The third-order valence-electron chi connectivity index (χ3n) is 4.16. The van der Waals surface area contributed by atoms with E-state index in [0.29, 0.717) is 11.4 Å². The maximum absolute atomic E-state index is 11.9. The van der Waals surface area contributed by atoms with Gasteiger partial charge in [-0.05, 0) is 37.8 Å². The molecule has 0 saturated heterocycles. The maximum atomic E-state index is 11.9. The molecule has 2 rings (SSSR count). The molecule has 0 saturated carbocycles. The molecule has 24 heavy (non-hydrogen) atoms. The molecule has 0 spiro atoms. The number of pyridine rings is 1. The van der Waals surface area contributed by atoms with Crippen molar-refractivity contribution >= 4 is 5.82 Å². The lowest BCUT2D eigenvalue weighted by Crippen LogP contribution is -2.25. The number of aryl methyl sites for hydroxylation is 1. The summed E-state index contributed by atoms with van der Waals surface area (Å²) in [6.45, 7) is 9.53. The number of methoxy groups -OCH3 is 1. The van der Waals surface area contributed by atoms with E-state index in [1.807, 2.05) is 19.1 Å². The van der Waals surface area contributed by atoms with Crippen LogP contribution in [0.3, 0.4) is 0 Å². The Morgan fingerprint density at radius 2 is 2.04 bits per heavy atom. The second-order valence-electron chi connectivity index (χ2n) is 6.82. The van der Waals surface area contributed by atoms with Gasteiger partial charge in [-0.25, -0.2) is 9.97 Å². The molecule has 0 unspecified atom stereocenters. The molecule has 2 N–H and O–H groups in total. The van der Waals surface area contributed by atoms with Gasteiger partial charge in [0.1, 0.15) is 11.6 Å². The van der Waals surface area contributed by atoms with E-state index in [1.165, 1.54) is 0 Å². The molecule has 0 aliphatic rings. The van der Waals surface area contributed by atoms with Gasteiger partial charge < -0.3 is 15.0 Å². The summed E-state index contributed by atoms with van der Waals surface area (Å²) in [5.74, 6) is 1.35. The van der Waals surface area contributed by atoms with E-state index < -0.39 is 0 Å². The number of hydrogen-bond acceptors (Lipinski definition) is 5. The number of nitrogens with one attached hydrogen (secondary N) is 2. The number of aromatic nitrogens is 3. The van der Waals surface area contributed by atoms with E-state index in [2.05, 4.69) is 34.1 Å². The summed E-state index contributed by atoms with van der Waals surface area (Å²) in [6, 6.07) is 3.81. The first kappa shape index (κ1) is 18.1. The largest absolute Gasteiger partial charge is 0.385 e. The molecule has 0 fully saturated rings. The number of rotatable bonds is 7. The monoisotopic (exact) mass is 330 g/mol. The van der Waals surface area contributed by atoms with Crippen molar-refractivity contribution in [3.05, 3.63) is 39.9 Å². The lowest BCUT2D eigenvalue weighted by Gasteiger charge is -2.24. The van der Waals surface area contributed by atoms with E-state index in [-0.39, 0.29) is 11.0 Å². The van der Waals surface area contributed by atoms with Crippen LogP contribution in [0.15, 0.2) is 23.1 Å². The average Bonchev–Trinajstić information content (AvgIpc) is 2.56. The highest BCUT2D eigenvalue weighted by Crippen LogP contribution is 2.21. The molecule has 2 aromatic rings. The van der Waals surface area contributed by atoms with Gasteiger partial charge >= 0.3 is 0 Å². The SMILES string of the molecule is COCCC(C)(C)CNc1ccc(-c2nc(C)c(C)c(=O)[nH]2)cn1. The molecule has 6 heteroatoms. The molecule has 2 heterocycles. The Balaban J connectivity index is 2.07. The Bertz CT molecular complexity index is 736. The molecule has 2 aromatic heterocycles. The van der Waals surface area contributed by atoms with Crippen molar-refractivity contribution in [2.45, 2.75) is 34.1 Å². The third-order valence-corrected chi connectivity index (χ3v) is 4.16. The quantitative estimate of drug-likeness (QED) is 0.816. The fourth-order valence-electron chi connectivity index (χ4n) is 2.22. The Hall–Kier alpha value is -2.21. The van der Waals surface area contributed by atoms with Gasteiger partial charge in [0, 0.05) is 43.3 Å². The van der Waals surface area contributed by atoms with Crippen LogP contribution in [0.5, 0.6) is 0 Å². The van der Waals surface area contributed by atoms with Crippen molar-refractivity contribution in [2.75, 3.05) is 25.6 Å². The van der Waals surface area contributed by atoms with Crippen LogP contribution < -0.4 is 10.9 Å². The van der Waals surface area contributed by atoms with Gasteiger partial charge in [-0.15, -0.1) is 0 Å². The molecule has 0 bridgehead atoms. The number of hydrogen-bond donors (Lipinski definition) is 2. The van der Waals surface area contributed by atoms with Crippen LogP contribution in [0.25, 0.3) is 11.4 Å². The number of H-pyrrole nitrogens is 1. The molecule has 0 atom stereocenters. The lowest BCUT2D eigenvalue weighted by molar-refractivity contribution is 0.157. The van der Waals surface area contributed by atoms with Crippen LogP contribution in [0.1, 0.15) is 31.5 Å². The minimum atomic E-state index is -0.111. The molecule has 0 aromatic carbocycles. The zero-order valence-corrected chi connectivity index (χ0v) is 15.1. The lowest BCUT2D eigenvalue weighted by atomic mass is 9.90. The Labute approximate surface area is 142 Å². The minimum Gasteiger partial charge on any atom is -0.385 e. The van der Waals surface area contributed by atoms with Gasteiger partial charge in [-0.1, -0.05) is 13.8 Å². The summed E-state index contributed by atoms with van der Waals surface area (Å²) in [5.41, 5.74) is 2.18. The molecule has 0 aliphatic heterocycles. The molecule has 6 nitrogen and oxygen atoms in total. The topological polar surface area (TPSA) is 79.9 Å². The Morgan fingerprint density at radius 3 is 2.62 bits per heavy atom. The van der Waals surface area contributed by atoms with E-state index in [1.54, 1.807) is 20.2 Å². The summed E-state index contributed by atoms with van der Waals surface area (Å²) in [6.07, 6.45) is 2.69. The number of aromatic amines is 1. The second-order valence-corrected chi connectivity index (χ2v) is 6.82. The van der Waals surface area contributed by atoms with Gasteiger partial charge in [0.2, 0.25) is 0 Å². The smallest absolute Gasteiger partial charge is 0.254 e. The minimum absolute atomic E-state index is 0.111. The molecule has 130 valence electrons. The van der Waals surface area contributed by atoms with Gasteiger partial charge in [-0.3, -0.25) is 4.79 Å². The van der Waals surface area contributed by atoms with Gasteiger partial charge in [0.05, 0.1) is 0 Å². The molecular formula is C18H26N4O2. The summed E-state index contributed by atoms with van der Waals surface area (Å²) < 4.78 is 5.14. The average molecular weight is 330 g/mol. The Kier molecular flexibility index (Phi) is 5.72. The molecule has 0 amide bonds. The van der Waals surface area contributed by atoms with Crippen molar-refractivity contribution in [3.8, 4) is 11.4 Å². The van der Waals surface area contributed by atoms with Crippen LogP contribution in [0.2, 0.25) is 0 Å². The first-order valence-corrected chi connectivity index (χ1v) is 8.09. The zero-order valence-electron chi connectivity index (χ0n) is 15.1. The van der Waals surface area contributed by atoms with Crippen molar-refractivity contribution in [1.82, 2.24) is 15.0 Å². The highest BCUT2D eigenvalue weighted by molar-refractivity contribution is 5.56. The summed E-state index contributed by atoms with van der Waals surface area (Å²) in [4.78, 5) is 23.5. The molecular weight excluding hydrogens is 304 g/mol. The van der Waals surface area contributed by atoms with E-state index in [9.17, 15) is 4.79 Å². The number of ether oxygens (including phenoxy) is 1. The first-order valence-electron chi connectivity index (χ1n) is 8.09. The highest BCUT2D eigenvalue weighted by Gasteiger charge is 2.17. The highest BCUT2D eigenvalue weighted by atomic mass is 16.5. The van der Waals surface area contributed by atoms with E-state index >= 15 is 0 Å². The van der Waals surface area contributed by atoms with Crippen LogP contribution in [-0.4, -0.2) is 35.2 Å². The fourth-order valence-corrected chi connectivity index (χ4v) is 2.22. The predicted octanol–water partition coefficient (Wildman–Crippen LogP) is 2.92. The Morgan fingerprint density at radius 1 is 1.29 bits per heavy atom. The van der Waals surface area contributed by atoms with Crippen LogP contribution in [0.4, 0.5) is 5.82 Å². The second kappa shape index (κ2) is 7.57. The van der Waals surface area contributed by atoms with Crippen molar-refractivity contribution < 1.29 is 4.74 Å². The van der Waals surface area contributed by atoms with Gasteiger partial charge in [0.25, 0.3) is 5.56 Å². The van der Waals surface area contributed by atoms with E-state index in [0.717, 1.165) is 36.6 Å². The van der Waals surface area contributed by atoms with Crippen LogP contribution in [-0.2, 0) is 4.74 Å². The normalized spacial score (nSPS) is 11.5. The summed E-state index contributed by atoms with van der Waals surface area (Å²) in [5, 5.41) is 3.35. The summed E-state index contributed by atoms with van der Waals surface area (Å²) >= 11 is 0. The predicted molar refractivity (Wildman–Crippen MR) is 96.3 cm³/mol. The van der Waals surface area contributed by atoms with Crippen LogP contribution in [0, 0.1) is 19.3 Å². The number of anilines is 1. The van der Waals surface area contributed by atoms with Crippen LogP contribution >= 0.6 is 0 Å². The number of nitrogens with zero attached hydrogens (tertiary/aromatic N) is 2. The fraction of sp³-hybridized carbons (Fsp3) is 0.500. The third kappa shape index (κ3) is 4.64.